The minimum Gasteiger partial charge on any atom is -0.490 e. The number of rotatable bonds is 5. The first-order chi connectivity index (χ1) is 10.8. The van der Waals surface area contributed by atoms with Crippen LogP contribution in [0.25, 0.3) is 0 Å². The van der Waals surface area contributed by atoms with Gasteiger partial charge in [-0.3, -0.25) is 0 Å². The van der Waals surface area contributed by atoms with Gasteiger partial charge in [0.05, 0.1) is 0 Å². The zero-order valence-electron chi connectivity index (χ0n) is 15.2. The van der Waals surface area contributed by atoms with Crippen molar-refractivity contribution >= 4 is 0 Å². The van der Waals surface area contributed by atoms with Crippen molar-refractivity contribution in [2.24, 2.45) is 0 Å². The number of hydrogen-bond acceptors (Lipinski definition) is 2. The average Bonchev–Trinajstić information content (AvgIpc) is 2.47. The molecule has 0 aromatic heterocycles. The van der Waals surface area contributed by atoms with Gasteiger partial charge in [0.15, 0.2) is 0 Å². The standard InChI is InChI=1S/C21H28O2/c1-15-7-8-16(2)19(13-15)22-11-12-23-20-14-18(21(4,5)6)10-9-17(20)3/h7-10,13-14H,11-12H2,1-6H3. The summed E-state index contributed by atoms with van der Waals surface area (Å²) in [6.07, 6.45) is 0. The lowest BCUT2D eigenvalue weighted by molar-refractivity contribution is 0.215. The van der Waals surface area contributed by atoms with Crippen molar-refractivity contribution in [1.82, 2.24) is 0 Å². The van der Waals surface area contributed by atoms with Gasteiger partial charge in [-0.2, -0.15) is 0 Å². The quantitative estimate of drug-likeness (QED) is 0.691. The normalized spacial score (nSPS) is 11.4. The van der Waals surface area contributed by atoms with Gasteiger partial charge in [0, 0.05) is 0 Å². The fourth-order valence-corrected chi connectivity index (χ4v) is 2.39. The van der Waals surface area contributed by atoms with Crippen molar-refractivity contribution in [2.75, 3.05) is 13.2 Å². The third-order valence-electron chi connectivity index (χ3n) is 4.00. The molecule has 2 nitrogen and oxygen atoms in total. The Labute approximate surface area is 140 Å². The molecule has 0 aliphatic rings. The molecule has 0 saturated carbocycles. The van der Waals surface area contributed by atoms with Gasteiger partial charge in [0.2, 0.25) is 0 Å². The fourth-order valence-electron chi connectivity index (χ4n) is 2.39. The molecule has 23 heavy (non-hydrogen) atoms. The molecule has 0 radical (unpaired) electrons. The Balaban J connectivity index is 1.95. The topological polar surface area (TPSA) is 18.5 Å². The molecule has 0 heterocycles. The second-order valence-electron chi connectivity index (χ2n) is 7.20. The van der Waals surface area contributed by atoms with Gasteiger partial charge in [-0.05, 0) is 60.6 Å². The van der Waals surface area contributed by atoms with Crippen LogP contribution in [0.4, 0.5) is 0 Å². The highest BCUT2D eigenvalue weighted by molar-refractivity contribution is 5.39. The second kappa shape index (κ2) is 7.08. The number of aryl methyl sites for hydroxylation is 3. The molecule has 0 aliphatic heterocycles. The van der Waals surface area contributed by atoms with Crippen LogP contribution in [0.3, 0.4) is 0 Å². The molecule has 0 saturated heterocycles. The van der Waals surface area contributed by atoms with Crippen molar-refractivity contribution < 1.29 is 9.47 Å². The van der Waals surface area contributed by atoms with E-state index in [4.69, 9.17) is 9.47 Å². The molecule has 124 valence electrons. The summed E-state index contributed by atoms with van der Waals surface area (Å²) in [6.45, 7) is 13.9. The fraction of sp³-hybridized carbons (Fsp3) is 0.429. The van der Waals surface area contributed by atoms with Gasteiger partial charge in [-0.1, -0.05) is 45.0 Å². The van der Waals surface area contributed by atoms with E-state index in [0.29, 0.717) is 13.2 Å². The Bertz CT molecular complexity index is 666. The molecule has 0 spiro atoms. The van der Waals surface area contributed by atoms with Crippen LogP contribution in [0.1, 0.15) is 43.0 Å². The maximum atomic E-state index is 5.94. The Morgan fingerprint density at radius 3 is 1.83 bits per heavy atom. The van der Waals surface area contributed by atoms with E-state index in [9.17, 15) is 0 Å². The van der Waals surface area contributed by atoms with Crippen LogP contribution in [0.2, 0.25) is 0 Å². The van der Waals surface area contributed by atoms with Crippen LogP contribution in [0.15, 0.2) is 36.4 Å². The van der Waals surface area contributed by atoms with Gasteiger partial charge in [0.25, 0.3) is 0 Å². The van der Waals surface area contributed by atoms with Crippen LogP contribution in [-0.2, 0) is 5.41 Å². The van der Waals surface area contributed by atoms with Crippen molar-refractivity contribution in [2.45, 2.75) is 47.0 Å². The number of ether oxygens (including phenoxy) is 2. The maximum Gasteiger partial charge on any atom is 0.122 e. The lowest BCUT2D eigenvalue weighted by Gasteiger charge is -2.21. The Morgan fingerprint density at radius 1 is 0.739 bits per heavy atom. The third kappa shape index (κ3) is 4.75. The molecule has 0 N–H and O–H groups in total. The predicted octanol–water partition coefficient (Wildman–Crippen LogP) is 5.37. The van der Waals surface area contributed by atoms with E-state index in [-0.39, 0.29) is 5.41 Å². The van der Waals surface area contributed by atoms with Crippen LogP contribution in [-0.4, -0.2) is 13.2 Å². The van der Waals surface area contributed by atoms with E-state index >= 15 is 0 Å². The highest BCUT2D eigenvalue weighted by Gasteiger charge is 2.15. The van der Waals surface area contributed by atoms with Crippen LogP contribution >= 0.6 is 0 Å². The van der Waals surface area contributed by atoms with Crippen molar-refractivity contribution in [1.29, 1.82) is 0 Å². The Morgan fingerprint density at radius 2 is 1.26 bits per heavy atom. The monoisotopic (exact) mass is 312 g/mol. The number of benzene rings is 2. The summed E-state index contributed by atoms with van der Waals surface area (Å²) in [4.78, 5) is 0. The molecular weight excluding hydrogens is 284 g/mol. The minimum absolute atomic E-state index is 0.126. The first kappa shape index (κ1) is 17.4. The zero-order valence-corrected chi connectivity index (χ0v) is 15.2. The molecule has 0 atom stereocenters. The molecule has 2 aromatic rings. The highest BCUT2D eigenvalue weighted by atomic mass is 16.5. The molecule has 2 rings (SSSR count). The lowest BCUT2D eigenvalue weighted by atomic mass is 9.86. The van der Waals surface area contributed by atoms with E-state index in [2.05, 4.69) is 77.9 Å². The van der Waals surface area contributed by atoms with E-state index in [1.54, 1.807) is 0 Å². The Hall–Kier alpha value is -1.96. The molecule has 2 heteroatoms. The highest BCUT2D eigenvalue weighted by Crippen LogP contribution is 2.28. The van der Waals surface area contributed by atoms with Gasteiger partial charge >= 0.3 is 0 Å². The molecule has 0 unspecified atom stereocenters. The van der Waals surface area contributed by atoms with E-state index in [1.165, 1.54) is 11.1 Å². The summed E-state index contributed by atoms with van der Waals surface area (Å²) < 4.78 is 11.8. The third-order valence-corrected chi connectivity index (χ3v) is 4.00. The van der Waals surface area contributed by atoms with E-state index in [1.807, 2.05) is 0 Å². The average molecular weight is 312 g/mol. The van der Waals surface area contributed by atoms with Crippen molar-refractivity contribution in [3.8, 4) is 11.5 Å². The van der Waals surface area contributed by atoms with Crippen LogP contribution in [0, 0.1) is 20.8 Å². The van der Waals surface area contributed by atoms with E-state index in [0.717, 1.165) is 22.6 Å². The zero-order chi connectivity index (χ0) is 17.0. The summed E-state index contributed by atoms with van der Waals surface area (Å²) in [5.41, 5.74) is 4.93. The van der Waals surface area contributed by atoms with Gasteiger partial charge in [-0.15, -0.1) is 0 Å². The summed E-state index contributed by atoms with van der Waals surface area (Å²) in [5.74, 6) is 1.88. The molecule has 0 bridgehead atoms. The molecule has 0 amide bonds. The van der Waals surface area contributed by atoms with Gasteiger partial charge < -0.3 is 9.47 Å². The summed E-state index contributed by atoms with van der Waals surface area (Å²) >= 11 is 0. The SMILES string of the molecule is Cc1ccc(C)c(OCCOc2cc(C(C)(C)C)ccc2C)c1. The number of hydrogen-bond donors (Lipinski definition) is 0. The summed E-state index contributed by atoms with van der Waals surface area (Å²) in [5, 5.41) is 0. The lowest BCUT2D eigenvalue weighted by Crippen LogP contribution is -2.13. The Kier molecular flexibility index (Phi) is 5.35. The molecule has 0 aliphatic carbocycles. The molecule has 0 fully saturated rings. The van der Waals surface area contributed by atoms with Crippen LogP contribution in [0.5, 0.6) is 11.5 Å². The largest absolute Gasteiger partial charge is 0.490 e. The van der Waals surface area contributed by atoms with Crippen LogP contribution < -0.4 is 9.47 Å². The van der Waals surface area contributed by atoms with Crippen molar-refractivity contribution in [3.05, 3.63) is 58.7 Å². The first-order valence-corrected chi connectivity index (χ1v) is 8.21. The predicted molar refractivity (Wildman–Crippen MR) is 96.8 cm³/mol. The molecular formula is C21H28O2. The summed E-state index contributed by atoms with van der Waals surface area (Å²) in [7, 11) is 0. The first-order valence-electron chi connectivity index (χ1n) is 8.21. The second-order valence-corrected chi connectivity index (χ2v) is 7.20. The van der Waals surface area contributed by atoms with E-state index < -0.39 is 0 Å². The smallest absolute Gasteiger partial charge is 0.122 e. The van der Waals surface area contributed by atoms with Gasteiger partial charge in [0.1, 0.15) is 24.7 Å². The molecule has 2 aromatic carbocycles. The van der Waals surface area contributed by atoms with Crippen molar-refractivity contribution in [3.63, 3.8) is 0 Å². The maximum absolute atomic E-state index is 5.94. The summed E-state index contributed by atoms with van der Waals surface area (Å²) in [6, 6.07) is 12.7. The minimum atomic E-state index is 0.126. The van der Waals surface area contributed by atoms with Gasteiger partial charge in [-0.25, -0.2) is 0 Å².